The minimum absolute atomic E-state index is 0.00183. The number of hydrogen-bond donors (Lipinski definition) is 1. The van der Waals surface area contributed by atoms with E-state index in [0.717, 1.165) is 22.4 Å². The fourth-order valence-electron chi connectivity index (χ4n) is 3.47. The predicted molar refractivity (Wildman–Crippen MR) is 97.8 cm³/mol. The molecular weight excluding hydrogens is 353 g/mol. The van der Waals surface area contributed by atoms with Crippen molar-refractivity contribution in [1.82, 2.24) is 4.57 Å². The lowest BCUT2D eigenvalue weighted by Gasteiger charge is -2.28. The monoisotopic (exact) mass is 374 g/mol. The summed E-state index contributed by atoms with van der Waals surface area (Å²) in [5.41, 5.74) is 3.73. The first kappa shape index (κ1) is 19.2. The minimum atomic E-state index is -4.17. The molecule has 6 heteroatoms. The van der Waals surface area contributed by atoms with Crippen molar-refractivity contribution < 1.29 is 18.3 Å². The standard InChI is InChI=1S/C21H21F3N2O/c1-20(14-27)8-6-17-18(16-5-2-4-15(10-16)12-25)13-26(19(17)11-20)9-3-7-21(22,23)24/h2,4-6,8,10,13,27H,3,7,9,11,14H2,1H3. The van der Waals surface area contributed by atoms with Crippen molar-refractivity contribution in [3.63, 3.8) is 0 Å². The minimum Gasteiger partial charge on any atom is -0.395 e. The number of aliphatic hydroxyl groups excluding tert-OH is 1. The van der Waals surface area contributed by atoms with E-state index in [2.05, 4.69) is 6.07 Å². The van der Waals surface area contributed by atoms with Crippen LogP contribution in [-0.4, -0.2) is 22.5 Å². The molecule has 3 nitrogen and oxygen atoms in total. The van der Waals surface area contributed by atoms with Crippen LogP contribution in [0.4, 0.5) is 13.2 Å². The van der Waals surface area contributed by atoms with Gasteiger partial charge in [-0.3, -0.25) is 0 Å². The SMILES string of the molecule is CC1(CO)C=Cc2c(-c3cccc(C#N)c3)cn(CCCC(F)(F)F)c2C1. The smallest absolute Gasteiger partial charge is 0.389 e. The summed E-state index contributed by atoms with van der Waals surface area (Å²) in [5, 5.41) is 18.8. The predicted octanol–water partition coefficient (Wildman–Crippen LogP) is 4.94. The average molecular weight is 374 g/mol. The number of aliphatic hydroxyl groups is 1. The molecule has 0 fully saturated rings. The molecular formula is C21H21F3N2O. The van der Waals surface area contributed by atoms with Crippen LogP contribution in [0.1, 0.15) is 36.6 Å². The quantitative estimate of drug-likeness (QED) is 0.806. The zero-order chi connectivity index (χ0) is 19.7. The van der Waals surface area contributed by atoms with Gasteiger partial charge in [0.25, 0.3) is 0 Å². The van der Waals surface area contributed by atoms with Crippen molar-refractivity contribution in [2.45, 2.75) is 38.9 Å². The summed E-state index contributed by atoms with van der Waals surface area (Å²) in [5.74, 6) is 0. The molecule has 27 heavy (non-hydrogen) atoms. The maximum atomic E-state index is 12.5. The van der Waals surface area contributed by atoms with Crippen LogP contribution in [0.25, 0.3) is 17.2 Å². The lowest BCUT2D eigenvalue weighted by molar-refractivity contribution is -0.135. The van der Waals surface area contributed by atoms with Crippen molar-refractivity contribution in [2.75, 3.05) is 6.61 Å². The van der Waals surface area contributed by atoms with Gasteiger partial charge in [0.15, 0.2) is 0 Å². The van der Waals surface area contributed by atoms with Gasteiger partial charge in [-0.25, -0.2) is 0 Å². The molecule has 0 saturated heterocycles. The number of alkyl halides is 3. The maximum Gasteiger partial charge on any atom is 0.389 e. The molecule has 1 aliphatic carbocycles. The molecule has 1 unspecified atom stereocenters. The number of aryl methyl sites for hydroxylation is 1. The van der Waals surface area contributed by atoms with Gasteiger partial charge in [-0.15, -0.1) is 0 Å². The number of nitrogens with zero attached hydrogens (tertiary/aromatic N) is 2. The van der Waals surface area contributed by atoms with E-state index in [-0.39, 0.29) is 19.6 Å². The van der Waals surface area contributed by atoms with E-state index in [9.17, 15) is 18.3 Å². The summed E-state index contributed by atoms with van der Waals surface area (Å²) in [7, 11) is 0. The highest BCUT2D eigenvalue weighted by Crippen LogP contribution is 2.39. The number of benzene rings is 1. The van der Waals surface area contributed by atoms with Crippen molar-refractivity contribution >= 4 is 6.08 Å². The zero-order valence-corrected chi connectivity index (χ0v) is 15.1. The second-order valence-corrected chi connectivity index (χ2v) is 7.33. The van der Waals surface area contributed by atoms with Crippen LogP contribution in [0.2, 0.25) is 0 Å². The Hall–Kier alpha value is -2.52. The van der Waals surface area contributed by atoms with E-state index < -0.39 is 18.0 Å². The van der Waals surface area contributed by atoms with Gasteiger partial charge in [-0.1, -0.05) is 31.2 Å². The Morgan fingerprint density at radius 3 is 2.78 bits per heavy atom. The van der Waals surface area contributed by atoms with Gasteiger partial charge in [0.1, 0.15) is 0 Å². The van der Waals surface area contributed by atoms with Crippen LogP contribution in [0.3, 0.4) is 0 Å². The molecule has 0 spiro atoms. The molecule has 1 N–H and O–H groups in total. The normalized spacial score (nSPS) is 19.0. The second kappa shape index (κ2) is 7.24. The maximum absolute atomic E-state index is 12.5. The summed E-state index contributed by atoms with van der Waals surface area (Å²) < 4.78 is 39.5. The first-order valence-electron chi connectivity index (χ1n) is 8.84. The Labute approximate surface area is 156 Å². The Balaban J connectivity index is 2.00. The summed E-state index contributed by atoms with van der Waals surface area (Å²) >= 11 is 0. The highest BCUT2D eigenvalue weighted by atomic mass is 19.4. The molecule has 0 aliphatic heterocycles. The third-order valence-corrected chi connectivity index (χ3v) is 4.98. The third-order valence-electron chi connectivity index (χ3n) is 4.98. The molecule has 3 rings (SSSR count). The number of nitriles is 1. The highest BCUT2D eigenvalue weighted by molar-refractivity contribution is 5.79. The number of halogens is 3. The molecule has 0 radical (unpaired) electrons. The first-order chi connectivity index (χ1) is 12.7. The van der Waals surface area contributed by atoms with Crippen LogP contribution >= 0.6 is 0 Å². The van der Waals surface area contributed by atoms with E-state index in [4.69, 9.17) is 5.26 Å². The lowest BCUT2D eigenvalue weighted by atomic mass is 9.80. The summed E-state index contributed by atoms with van der Waals surface area (Å²) in [6.45, 7) is 2.15. The number of aromatic nitrogens is 1. The Morgan fingerprint density at radius 1 is 1.33 bits per heavy atom. The van der Waals surface area contributed by atoms with Gasteiger partial charge < -0.3 is 9.67 Å². The molecule has 1 aliphatic rings. The van der Waals surface area contributed by atoms with Crippen molar-refractivity contribution in [1.29, 1.82) is 5.26 Å². The second-order valence-electron chi connectivity index (χ2n) is 7.33. The van der Waals surface area contributed by atoms with Crippen LogP contribution in [0.15, 0.2) is 36.5 Å². The van der Waals surface area contributed by atoms with Gasteiger partial charge in [0.05, 0.1) is 18.2 Å². The Morgan fingerprint density at radius 2 is 2.11 bits per heavy atom. The fourth-order valence-corrected chi connectivity index (χ4v) is 3.47. The Bertz CT molecular complexity index is 905. The number of fused-ring (bicyclic) bond motifs is 1. The van der Waals surface area contributed by atoms with Crippen molar-refractivity contribution in [3.05, 3.63) is 53.4 Å². The average Bonchev–Trinajstić information content (AvgIpc) is 2.98. The topological polar surface area (TPSA) is 48.9 Å². The number of rotatable bonds is 5. The summed E-state index contributed by atoms with van der Waals surface area (Å²) in [6.07, 6.45) is 1.31. The van der Waals surface area contributed by atoms with E-state index in [1.54, 1.807) is 18.2 Å². The molecule has 1 aromatic carbocycles. The largest absolute Gasteiger partial charge is 0.395 e. The summed E-state index contributed by atoms with van der Waals surface area (Å²) in [4.78, 5) is 0. The molecule has 142 valence electrons. The van der Waals surface area contributed by atoms with Gasteiger partial charge in [-0.05, 0) is 30.5 Å². The Kier molecular flexibility index (Phi) is 5.16. The van der Waals surface area contributed by atoms with E-state index in [0.29, 0.717) is 12.0 Å². The number of hydrogen-bond acceptors (Lipinski definition) is 2. The van der Waals surface area contributed by atoms with Gasteiger partial charge >= 0.3 is 6.18 Å². The first-order valence-corrected chi connectivity index (χ1v) is 8.84. The molecule has 0 amide bonds. The van der Waals surface area contributed by atoms with Crippen LogP contribution in [-0.2, 0) is 13.0 Å². The van der Waals surface area contributed by atoms with Gasteiger partial charge in [-0.2, -0.15) is 18.4 Å². The van der Waals surface area contributed by atoms with E-state index in [1.165, 1.54) is 0 Å². The highest BCUT2D eigenvalue weighted by Gasteiger charge is 2.30. The van der Waals surface area contributed by atoms with Gasteiger partial charge in [0, 0.05) is 41.4 Å². The lowest BCUT2D eigenvalue weighted by Crippen LogP contribution is -2.26. The fraction of sp³-hybridized carbons (Fsp3) is 0.381. The zero-order valence-electron chi connectivity index (χ0n) is 15.1. The molecule has 2 aromatic rings. The van der Waals surface area contributed by atoms with Gasteiger partial charge in [0.2, 0.25) is 0 Å². The van der Waals surface area contributed by atoms with Crippen LogP contribution < -0.4 is 0 Å². The van der Waals surface area contributed by atoms with Crippen molar-refractivity contribution in [2.24, 2.45) is 5.41 Å². The van der Waals surface area contributed by atoms with Crippen molar-refractivity contribution in [3.8, 4) is 17.2 Å². The molecule has 0 saturated carbocycles. The molecule has 1 heterocycles. The van der Waals surface area contributed by atoms with E-state index in [1.807, 2.05) is 35.9 Å². The molecule has 0 bridgehead atoms. The van der Waals surface area contributed by atoms with Crippen LogP contribution in [0.5, 0.6) is 0 Å². The third kappa shape index (κ3) is 4.25. The molecule has 1 aromatic heterocycles. The molecule has 1 atom stereocenters. The van der Waals surface area contributed by atoms with Crippen LogP contribution in [0, 0.1) is 16.7 Å². The summed E-state index contributed by atoms with van der Waals surface area (Å²) in [6, 6.07) is 9.30. The van der Waals surface area contributed by atoms with E-state index >= 15 is 0 Å².